The fraction of sp³-hybridized carbons (Fsp3) is 0.389. The van der Waals surface area contributed by atoms with Gasteiger partial charge < -0.3 is 9.47 Å². The lowest BCUT2D eigenvalue weighted by Crippen LogP contribution is -2.31. The minimum absolute atomic E-state index is 0.0139. The van der Waals surface area contributed by atoms with Crippen LogP contribution in [-0.2, 0) is 14.8 Å². The second kappa shape index (κ2) is 8.94. The van der Waals surface area contributed by atoms with E-state index in [1.165, 1.54) is 0 Å². The number of rotatable bonds is 9. The van der Waals surface area contributed by atoms with Crippen molar-refractivity contribution in [2.45, 2.75) is 32.9 Å². The molecular weight excluding hydrogens is 340 g/mol. The van der Waals surface area contributed by atoms with Crippen LogP contribution in [0.4, 0.5) is 0 Å². The highest BCUT2D eigenvalue weighted by Crippen LogP contribution is 2.23. The van der Waals surface area contributed by atoms with Gasteiger partial charge in [-0.1, -0.05) is 12.1 Å². The van der Waals surface area contributed by atoms with Gasteiger partial charge in [-0.25, -0.2) is 13.1 Å². The van der Waals surface area contributed by atoms with E-state index in [0.717, 1.165) is 5.56 Å². The first-order chi connectivity index (χ1) is 11.9. The molecule has 1 atom stereocenters. The Morgan fingerprint density at radius 3 is 2.40 bits per heavy atom. The topological polar surface area (TPSA) is 77.5 Å². The quantitative estimate of drug-likeness (QED) is 0.739. The lowest BCUT2D eigenvalue weighted by atomic mass is 10.1. The number of nitrogens with zero attached hydrogens (tertiary/aromatic N) is 1. The van der Waals surface area contributed by atoms with Crippen LogP contribution in [0.1, 0.15) is 32.4 Å². The SMILES string of the molecule is CC(C)OCCS(=O)(=O)NC(C)c1ccc(Oc2cccnc2)cc1. The zero-order valence-corrected chi connectivity index (χ0v) is 15.5. The smallest absolute Gasteiger partial charge is 0.214 e. The van der Waals surface area contributed by atoms with E-state index in [1.54, 1.807) is 37.5 Å². The van der Waals surface area contributed by atoms with Crippen molar-refractivity contribution >= 4 is 10.0 Å². The number of ether oxygens (including phenoxy) is 2. The third-order valence-corrected chi connectivity index (χ3v) is 4.83. The van der Waals surface area contributed by atoms with Crippen LogP contribution in [0.15, 0.2) is 48.8 Å². The summed E-state index contributed by atoms with van der Waals surface area (Å²) in [5.41, 5.74) is 0.854. The summed E-state index contributed by atoms with van der Waals surface area (Å²) in [5.74, 6) is 1.25. The van der Waals surface area contributed by atoms with Gasteiger partial charge in [0.1, 0.15) is 11.5 Å². The molecule has 0 amide bonds. The second-order valence-corrected chi connectivity index (χ2v) is 7.81. The van der Waals surface area contributed by atoms with E-state index in [2.05, 4.69) is 9.71 Å². The normalized spacial score (nSPS) is 13.0. The molecule has 0 aliphatic rings. The van der Waals surface area contributed by atoms with E-state index in [9.17, 15) is 8.42 Å². The van der Waals surface area contributed by atoms with Crippen molar-refractivity contribution in [1.29, 1.82) is 0 Å². The van der Waals surface area contributed by atoms with Gasteiger partial charge in [-0.05, 0) is 50.6 Å². The van der Waals surface area contributed by atoms with Gasteiger partial charge >= 0.3 is 0 Å². The highest BCUT2D eigenvalue weighted by Gasteiger charge is 2.16. The molecule has 7 heteroatoms. The van der Waals surface area contributed by atoms with Crippen LogP contribution >= 0.6 is 0 Å². The fourth-order valence-corrected chi connectivity index (χ4v) is 3.27. The van der Waals surface area contributed by atoms with E-state index in [4.69, 9.17) is 9.47 Å². The molecule has 1 aromatic carbocycles. The maximum atomic E-state index is 12.1. The van der Waals surface area contributed by atoms with Gasteiger partial charge in [0, 0.05) is 12.2 Å². The van der Waals surface area contributed by atoms with Crippen molar-refractivity contribution in [3.05, 3.63) is 54.4 Å². The molecule has 1 unspecified atom stereocenters. The molecule has 0 saturated heterocycles. The summed E-state index contributed by atoms with van der Waals surface area (Å²) in [4.78, 5) is 3.99. The van der Waals surface area contributed by atoms with Crippen LogP contribution in [0.5, 0.6) is 11.5 Å². The van der Waals surface area contributed by atoms with Crippen molar-refractivity contribution in [3.63, 3.8) is 0 Å². The monoisotopic (exact) mass is 364 g/mol. The summed E-state index contributed by atoms with van der Waals surface area (Å²) in [6.07, 6.45) is 3.32. The molecule has 0 radical (unpaired) electrons. The second-order valence-electron chi connectivity index (χ2n) is 5.94. The Labute approximate surface area is 149 Å². The molecule has 6 nitrogen and oxygen atoms in total. The predicted octanol–water partition coefficient (Wildman–Crippen LogP) is 3.28. The lowest BCUT2D eigenvalue weighted by Gasteiger charge is -2.16. The zero-order valence-electron chi connectivity index (χ0n) is 14.7. The fourth-order valence-electron chi connectivity index (χ4n) is 2.16. The Bertz CT molecular complexity index is 746. The minimum atomic E-state index is -3.40. The molecule has 0 aliphatic heterocycles. The summed E-state index contributed by atoms with van der Waals surface area (Å²) < 4.78 is 37.8. The van der Waals surface area contributed by atoms with E-state index in [0.29, 0.717) is 11.5 Å². The Hall–Kier alpha value is -1.96. The van der Waals surface area contributed by atoms with E-state index >= 15 is 0 Å². The number of hydrogen-bond donors (Lipinski definition) is 1. The van der Waals surface area contributed by atoms with Crippen LogP contribution in [0.2, 0.25) is 0 Å². The highest BCUT2D eigenvalue weighted by molar-refractivity contribution is 7.89. The van der Waals surface area contributed by atoms with Gasteiger partial charge in [0.2, 0.25) is 10.0 Å². The van der Waals surface area contributed by atoms with Gasteiger partial charge in [0.05, 0.1) is 24.7 Å². The molecule has 136 valence electrons. The van der Waals surface area contributed by atoms with Crippen LogP contribution < -0.4 is 9.46 Å². The summed E-state index contributed by atoms with van der Waals surface area (Å²) in [7, 11) is -3.40. The van der Waals surface area contributed by atoms with Gasteiger partial charge in [-0.15, -0.1) is 0 Å². The molecule has 0 aliphatic carbocycles. The van der Waals surface area contributed by atoms with Crippen molar-refractivity contribution in [2.24, 2.45) is 0 Å². The van der Waals surface area contributed by atoms with Crippen molar-refractivity contribution in [3.8, 4) is 11.5 Å². The first-order valence-electron chi connectivity index (χ1n) is 8.15. The maximum Gasteiger partial charge on any atom is 0.214 e. The molecule has 1 aromatic heterocycles. The van der Waals surface area contributed by atoms with Crippen molar-refractivity contribution in [1.82, 2.24) is 9.71 Å². The number of benzene rings is 1. The van der Waals surface area contributed by atoms with E-state index in [-0.39, 0.29) is 24.5 Å². The van der Waals surface area contributed by atoms with Crippen LogP contribution in [0.3, 0.4) is 0 Å². The van der Waals surface area contributed by atoms with Gasteiger partial charge in [-0.2, -0.15) is 0 Å². The predicted molar refractivity (Wildman–Crippen MR) is 97.2 cm³/mol. The zero-order chi connectivity index (χ0) is 18.3. The van der Waals surface area contributed by atoms with Gasteiger partial charge in [-0.3, -0.25) is 4.98 Å². The van der Waals surface area contributed by atoms with Crippen LogP contribution in [0, 0.1) is 0 Å². The molecule has 2 rings (SSSR count). The molecule has 2 aromatic rings. The van der Waals surface area contributed by atoms with E-state index in [1.807, 2.05) is 32.0 Å². The third-order valence-electron chi connectivity index (χ3n) is 3.41. The summed E-state index contributed by atoms with van der Waals surface area (Å²) in [6.45, 7) is 5.73. The van der Waals surface area contributed by atoms with E-state index < -0.39 is 10.0 Å². The molecule has 0 saturated carbocycles. The molecule has 1 heterocycles. The molecular formula is C18H24N2O4S. The highest BCUT2D eigenvalue weighted by atomic mass is 32.2. The average Bonchev–Trinajstić information content (AvgIpc) is 2.55. The Morgan fingerprint density at radius 2 is 1.80 bits per heavy atom. The number of hydrogen-bond acceptors (Lipinski definition) is 5. The molecule has 25 heavy (non-hydrogen) atoms. The number of pyridine rings is 1. The van der Waals surface area contributed by atoms with Crippen molar-refractivity contribution < 1.29 is 17.9 Å². The lowest BCUT2D eigenvalue weighted by molar-refractivity contribution is 0.0911. The average molecular weight is 364 g/mol. The number of aromatic nitrogens is 1. The third kappa shape index (κ3) is 6.81. The molecule has 0 spiro atoms. The summed E-state index contributed by atoms with van der Waals surface area (Å²) in [6, 6.07) is 10.5. The molecule has 0 fully saturated rings. The summed E-state index contributed by atoms with van der Waals surface area (Å²) in [5, 5.41) is 0. The molecule has 1 N–H and O–H groups in total. The van der Waals surface area contributed by atoms with Gasteiger partial charge in [0.25, 0.3) is 0 Å². The minimum Gasteiger partial charge on any atom is -0.456 e. The Morgan fingerprint density at radius 1 is 1.08 bits per heavy atom. The van der Waals surface area contributed by atoms with Crippen LogP contribution in [-0.4, -0.2) is 31.9 Å². The van der Waals surface area contributed by atoms with Crippen LogP contribution in [0.25, 0.3) is 0 Å². The standard InChI is InChI=1S/C18H24N2O4S/c1-14(2)23-11-12-25(21,22)20-15(3)16-6-8-17(9-7-16)24-18-5-4-10-19-13-18/h4-10,13-15,20H,11-12H2,1-3H3. The van der Waals surface area contributed by atoms with Crippen molar-refractivity contribution in [2.75, 3.05) is 12.4 Å². The van der Waals surface area contributed by atoms with Gasteiger partial charge in [0.15, 0.2) is 0 Å². The number of sulfonamides is 1. The number of nitrogens with one attached hydrogen (secondary N) is 1. The Balaban J connectivity index is 1.92. The largest absolute Gasteiger partial charge is 0.456 e. The summed E-state index contributed by atoms with van der Waals surface area (Å²) >= 11 is 0. The molecule has 0 bridgehead atoms. The first kappa shape index (κ1) is 19.4. The first-order valence-corrected chi connectivity index (χ1v) is 9.80. The maximum absolute atomic E-state index is 12.1. The Kier molecular flexibility index (Phi) is 6.92.